The number of aryl methyl sites for hydroxylation is 1. The van der Waals surface area contributed by atoms with Gasteiger partial charge in [0.2, 0.25) is 5.91 Å². The number of carboxylic acids is 1. The van der Waals surface area contributed by atoms with Crippen LogP contribution in [0.15, 0.2) is 102 Å². The lowest BCUT2D eigenvalue weighted by Crippen LogP contribution is -2.30. The molecule has 0 aromatic heterocycles. The van der Waals surface area contributed by atoms with Crippen molar-refractivity contribution < 1.29 is 28.7 Å². The summed E-state index contributed by atoms with van der Waals surface area (Å²) in [6, 6.07) is 23.6. The number of carboxylic acid groups (broad SMARTS) is 1. The van der Waals surface area contributed by atoms with E-state index in [0.29, 0.717) is 28.3 Å². The predicted molar refractivity (Wildman–Crippen MR) is 175 cm³/mol. The largest absolute Gasteiger partial charge is 0.478 e. The minimum absolute atomic E-state index is 0.0569. The highest BCUT2D eigenvalue weighted by molar-refractivity contribution is 8.00. The van der Waals surface area contributed by atoms with Crippen molar-refractivity contribution in [3.05, 3.63) is 130 Å². The van der Waals surface area contributed by atoms with Crippen LogP contribution in [-0.4, -0.2) is 34.0 Å². The third kappa shape index (κ3) is 8.81. The average molecular weight is 646 g/mol. The molecule has 11 heteroatoms. The average Bonchev–Trinajstić information content (AvgIpc) is 3.02. The summed E-state index contributed by atoms with van der Waals surface area (Å²) in [4.78, 5) is 51.6. The molecule has 0 heterocycles. The lowest BCUT2D eigenvalue weighted by molar-refractivity contribution is -0.116. The summed E-state index contributed by atoms with van der Waals surface area (Å²) < 4.78 is 14.6. The lowest BCUT2D eigenvalue weighted by atomic mass is 10.1. The molecule has 0 saturated carbocycles. The van der Waals surface area contributed by atoms with Crippen molar-refractivity contribution >= 4 is 64.5 Å². The van der Waals surface area contributed by atoms with Crippen LogP contribution in [0.2, 0.25) is 5.02 Å². The molecule has 3 amide bonds. The molecule has 0 bridgehead atoms. The topological polar surface area (TPSA) is 125 Å². The first-order valence-electron chi connectivity index (χ1n) is 13.8. The van der Waals surface area contributed by atoms with Crippen LogP contribution >= 0.6 is 23.4 Å². The van der Waals surface area contributed by atoms with Gasteiger partial charge in [-0.1, -0.05) is 54.9 Å². The Labute approximate surface area is 268 Å². The molecule has 0 fully saturated rings. The fourth-order valence-corrected chi connectivity index (χ4v) is 5.40. The number of benzene rings is 4. The van der Waals surface area contributed by atoms with Gasteiger partial charge in [-0.3, -0.25) is 14.4 Å². The quantitative estimate of drug-likeness (QED) is 0.0995. The predicted octanol–water partition coefficient (Wildman–Crippen LogP) is 7.40. The molecule has 0 aliphatic rings. The van der Waals surface area contributed by atoms with Crippen molar-refractivity contribution in [1.82, 2.24) is 5.32 Å². The monoisotopic (exact) mass is 645 g/mol. The van der Waals surface area contributed by atoms with Crippen molar-refractivity contribution in [3.63, 3.8) is 0 Å². The summed E-state index contributed by atoms with van der Waals surface area (Å²) in [6.07, 6.45) is 1.64. The minimum atomic E-state index is -1.10. The Bertz CT molecular complexity index is 1760. The van der Waals surface area contributed by atoms with Gasteiger partial charge < -0.3 is 21.1 Å². The third-order valence-electron chi connectivity index (χ3n) is 6.59. The van der Waals surface area contributed by atoms with Crippen molar-refractivity contribution in [1.29, 1.82) is 0 Å². The first kappa shape index (κ1) is 33.0. The SMILES string of the molecule is CCC(Sc1cccc(NC(=O)/C(=C\c2c(F)cccc2Cl)NC(=O)c2ccccc2)c1)C(=O)Nc1cc(C(=O)O)ccc1C. The maximum atomic E-state index is 14.6. The number of carbonyl (C=O) groups is 4. The Morgan fingerprint density at radius 3 is 2.33 bits per heavy atom. The van der Waals surface area contributed by atoms with E-state index < -0.39 is 28.9 Å². The van der Waals surface area contributed by atoms with E-state index in [0.717, 1.165) is 5.56 Å². The summed E-state index contributed by atoms with van der Waals surface area (Å²) in [5.41, 5.74) is 1.55. The molecule has 1 unspecified atom stereocenters. The summed E-state index contributed by atoms with van der Waals surface area (Å²) in [5.74, 6) is -3.37. The Hall–Kier alpha value is -4.93. The van der Waals surface area contributed by atoms with E-state index in [-0.39, 0.29) is 27.8 Å². The van der Waals surface area contributed by atoms with Crippen LogP contribution < -0.4 is 16.0 Å². The Morgan fingerprint density at radius 2 is 1.64 bits per heavy atom. The van der Waals surface area contributed by atoms with Crippen molar-refractivity contribution in [2.45, 2.75) is 30.4 Å². The maximum absolute atomic E-state index is 14.6. The highest BCUT2D eigenvalue weighted by Crippen LogP contribution is 2.30. The molecular weight excluding hydrogens is 617 g/mol. The first-order valence-corrected chi connectivity index (χ1v) is 15.1. The number of halogens is 2. The molecule has 0 radical (unpaired) electrons. The molecular formula is C34H29ClFN3O5S. The fourth-order valence-electron chi connectivity index (χ4n) is 4.17. The van der Waals surface area contributed by atoms with E-state index in [1.54, 1.807) is 67.6 Å². The molecule has 1 atom stereocenters. The Kier molecular flexibility index (Phi) is 11.1. The van der Waals surface area contributed by atoms with Crippen LogP contribution in [0.4, 0.5) is 15.8 Å². The van der Waals surface area contributed by atoms with Crippen molar-refractivity contribution in [2.75, 3.05) is 10.6 Å². The summed E-state index contributed by atoms with van der Waals surface area (Å²) >= 11 is 7.46. The smallest absolute Gasteiger partial charge is 0.335 e. The molecule has 4 aromatic rings. The second-order valence-corrected chi connectivity index (χ2v) is 11.5. The number of hydrogen-bond donors (Lipinski definition) is 4. The summed E-state index contributed by atoms with van der Waals surface area (Å²) in [7, 11) is 0. The summed E-state index contributed by atoms with van der Waals surface area (Å²) in [5, 5.41) is 16.9. The van der Waals surface area contributed by atoms with Gasteiger partial charge in [-0.25, -0.2) is 9.18 Å². The molecule has 0 aliphatic carbocycles. The van der Waals surface area contributed by atoms with Gasteiger partial charge in [-0.2, -0.15) is 0 Å². The Morgan fingerprint density at radius 1 is 0.911 bits per heavy atom. The molecule has 0 aliphatic heterocycles. The highest BCUT2D eigenvalue weighted by atomic mass is 35.5. The van der Waals surface area contributed by atoms with Gasteiger partial charge in [0.05, 0.1) is 15.8 Å². The molecule has 45 heavy (non-hydrogen) atoms. The van der Waals surface area contributed by atoms with E-state index in [1.165, 1.54) is 48.2 Å². The van der Waals surface area contributed by atoms with Crippen LogP contribution in [0, 0.1) is 12.7 Å². The standard InChI is InChI=1S/C34H29ClFN3O5S/c1-3-30(33(42)38-28-17-22(34(43)44)16-15-20(28)2)45-24-12-7-11-23(18-24)37-32(41)29(19-25-26(35)13-8-14-27(25)36)39-31(40)21-9-5-4-6-10-21/h4-19,30H,3H2,1-2H3,(H,37,41)(H,38,42)(H,39,40)(H,43,44)/b29-19+. The van der Waals surface area contributed by atoms with Gasteiger partial charge >= 0.3 is 5.97 Å². The zero-order chi connectivity index (χ0) is 32.5. The van der Waals surface area contributed by atoms with Crippen molar-refractivity contribution in [3.8, 4) is 0 Å². The van der Waals surface area contributed by atoms with E-state index in [4.69, 9.17) is 11.6 Å². The van der Waals surface area contributed by atoms with Crippen LogP contribution in [0.1, 0.15) is 45.2 Å². The van der Waals surface area contributed by atoms with Crippen LogP contribution in [0.5, 0.6) is 0 Å². The molecule has 0 saturated heterocycles. The normalized spacial score (nSPS) is 11.8. The number of rotatable bonds is 11. The molecule has 8 nitrogen and oxygen atoms in total. The summed E-state index contributed by atoms with van der Waals surface area (Å²) in [6.45, 7) is 3.62. The molecule has 4 N–H and O–H groups in total. The van der Waals surface area contributed by atoms with Gasteiger partial charge in [0.25, 0.3) is 11.8 Å². The second kappa shape index (κ2) is 15.2. The molecule has 0 spiro atoms. The van der Waals surface area contributed by atoms with Crippen molar-refractivity contribution in [2.24, 2.45) is 0 Å². The van der Waals surface area contributed by atoms with Crippen LogP contribution in [0.25, 0.3) is 6.08 Å². The van der Waals surface area contributed by atoms with Gasteiger partial charge in [0.1, 0.15) is 11.5 Å². The number of thioether (sulfide) groups is 1. The fraction of sp³-hybridized carbons (Fsp3) is 0.118. The minimum Gasteiger partial charge on any atom is -0.478 e. The number of nitrogens with one attached hydrogen (secondary N) is 3. The van der Waals surface area contributed by atoms with E-state index in [1.807, 2.05) is 6.92 Å². The van der Waals surface area contributed by atoms with Gasteiger partial charge in [0.15, 0.2) is 0 Å². The Balaban J connectivity index is 1.53. The van der Waals surface area contributed by atoms with E-state index in [9.17, 15) is 28.7 Å². The zero-order valence-electron chi connectivity index (χ0n) is 24.3. The zero-order valence-corrected chi connectivity index (χ0v) is 25.8. The first-order chi connectivity index (χ1) is 21.5. The van der Waals surface area contributed by atoms with Gasteiger partial charge in [-0.15, -0.1) is 11.8 Å². The van der Waals surface area contributed by atoms with Gasteiger partial charge in [-0.05, 0) is 79.6 Å². The number of carbonyl (C=O) groups excluding carboxylic acids is 3. The second-order valence-electron chi connectivity index (χ2n) is 9.83. The highest BCUT2D eigenvalue weighted by Gasteiger charge is 2.21. The number of aromatic carboxylic acids is 1. The number of hydrogen-bond acceptors (Lipinski definition) is 5. The number of amides is 3. The maximum Gasteiger partial charge on any atom is 0.335 e. The number of anilines is 2. The molecule has 230 valence electrons. The van der Waals surface area contributed by atoms with Crippen LogP contribution in [-0.2, 0) is 9.59 Å². The lowest BCUT2D eigenvalue weighted by Gasteiger charge is -2.17. The third-order valence-corrected chi connectivity index (χ3v) is 8.28. The van der Waals surface area contributed by atoms with Gasteiger partial charge in [0, 0.05) is 27.4 Å². The van der Waals surface area contributed by atoms with E-state index in [2.05, 4.69) is 16.0 Å². The molecule has 4 aromatic carbocycles. The van der Waals surface area contributed by atoms with Crippen LogP contribution in [0.3, 0.4) is 0 Å². The van der Waals surface area contributed by atoms with E-state index >= 15 is 0 Å². The molecule has 4 rings (SSSR count).